The van der Waals surface area contributed by atoms with Crippen molar-refractivity contribution in [2.24, 2.45) is 5.41 Å². The van der Waals surface area contributed by atoms with Gasteiger partial charge in [-0.2, -0.15) is 5.26 Å². The number of nitrogens with one attached hydrogen (secondary N) is 1. The molecule has 0 aliphatic heterocycles. The molecule has 0 aliphatic rings. The number of nitrogens with zero attached hydrogens (tertiary/aromatic N) is 2. The molecular weight excluding hydrogens is 262 g/mol. The second-order valence-corrected chi connectivity index (χ2v) is 5.36. The van der Waals surface area contributed by atoms with Crippen molar-refractivity contribution in [1.82, 2.24) is 5.32 Å². The molecule has 106 valence electrons. The van der Waals surface area contributed by atoms with Crippen molar-refractivity contribution in [3.63, 3.8) is 0 Å². The van der Waals surface area contributed by atoms with Crippen molar-refractivity contribution in [1.29, 1.82) is 5.26 Å². The van der Waals surface area contributed by atoms with Crippen LogP contribution in [0.2, 0.25) is 0 Å². The van der Waals surface area contributed by atoms with E-state index in [4.69, 9.17) is 5.26 Å². The summed E-state index contributed by atoms with van der Waals surface area (Å²) in [6.45, 7) is 5.32. The van der Waals surface area contributed by atoms with Gasteiger partial charge in [-0.1, -0.05) is 20.8 Å². The smallest absolute Gasteiger partial charge is 0.270 e. The third kappa shape index (κ3) is 3.45. The number of phenols is 1. The van der Waals surface area contributed by atoms with E-state index in [1.165, 1.54) is 0 Å². The van der Waals surface area contributed by atoms with E-state index in [9.17, 15) is 20.0 Å². The van der Waals surface area contributed by atoms with Gasteiger partial charge in [0.05, 0.1) is 16.6 Å². The van der Waals surface area contributed by atoms with Crippen LogP contribution in [0.15, 0.2) is 18.2 Å². The van der Waals surface area contributed by atoms with Gasteiger partial charge in [0.15, 0.2) is 0 Å². The molecule has 1 aromatic rings. The van der Waals surface area contributed by atoms with Crippen LogP contribution in [-0.2, 0) is 0 Å². The van der Waals surface area contributed by atoms with Crippen LogP contribution in [-0.4, -0.2) is 22.0 Å². The van der Waals surface area contributed by atoms with Crippen LogP contribution in [0.1, 0.15) is 31.1 Å². The molecule has 0 bridgehead atoms. The highest BCUT2D eigenvalue weighted by molar-refractivity contribution is 5.97. The quantitative estimate of drug-likeness (QED) is 0.647. The first-order valence-corrected chi connectivity index (χ1v) is 5.84. The molecule has 0 saturated heterocycles. The van der Waals surface area contributed by atoms with Crippen molar-refractivity contribution in [2.45, 2.75) is 26.8 Å². The molecule has 0 heterocycles. The maximum Gasteiger partial charge on any atom is 0.270 e. The van der Waals surface area contributed by atoms with Crippen molar-refractivity contribution in [3.8, 4) is 11.8 Å². The van der Waals surface area contributed by atoms with Crippen molar-refractivity contribution >= 4 is 11.6 Å². The standard InChI is InChI=1S/C13H15N3O4/c1-13(2,3)11(7-14)15-12(18)9-6-8(16(19)20)4-5-10(9)17/h4-6,11,17H,1-3H3,(H,15,18). The van der Waals surface area contributed by atoms with Crippen molar-refractivity contribution in [3.05, 3.63) is 33.9 Å². The second-order valence-electron chi connectivity index (χ2n) is 5.36. The lowest BCUT2D eigenvalue weighted by Crippen LogP contribution is -2.42. The first-order chi connectivity index (χ1) is 9.16. The molecule has 0 fully saturated rings. The van der Waals surface area contributed by atoms with Crippen LogP contribution in [0.25, 0.3) is 0 Å². The lowest BCUT2D eigenvalue weighted by atomic mass is 9.87. The lowest BCUT2D eigenvalue weighted by Gasteiger charge is -2.25. The predicted octanol–water partition coefficient (Wildman–Crippen LogP) is 1.97. The summed E-state index contributed by atoms with van der Waals surface area (Å²) in [4.78, 5) is 22.0. The molecular formula is C13H15N3O4. The van der Waals surface area contributed by atoms with Crippen LogP contribution in [0, 0.1) is 26.9 Å². The molecule has 20 heavy (non-hydrogen) atoms. The first kappa shape index (κ1) is 15.4. The summed E-state index contributed by atoms with van der Waals surface area (Å²) in [5, 5.41) is 31.8. The third-order valence-electron chi connectivity index (χ3n) is 2.71. The highest BCUT2D eigenvalue weighted by Gasteiger charge is 2.27. The van der Waals surface area contributed by atoms with Crippen LogP contribution < -0.4 is 5.32 Å². The van der Waals surface area contributed by atoms with E-state index in [1.54, 1.807) is 20.8 Å². The number of carbonyl (C=O) groups is 1. The Morgan fingerprint density at radius 2 is 2.10 bits per heavy atom. The third-order valence-corrected chi connectivity index (χ3v) is 2.71. The largest absolute Gasteiger partial charge is 0.507 e. The van der Waals surface area contributed by atoms with E-state index in [1.807, 2.05) is 6.07 Å². The van der Waals surface area contributed by atoms with Crippen LogP contribution >= 0.6 is 0 Å². The molecule has 1 atom stereocenters. The molecule has 0 radical (unpaired) electrons. The Morgan fingerprint density at radius 3 is 2.55 bits per heavy atom. The average molecular weight is 277 g/mol. The van der Waals surface area contributed by atoms with E-state index < -0.39 is 22.3 Å². The SMILES string of the molecule is CC(C)(C)C(C#N)NC(=O)c1cc([N+](=O)[O-])ccc1O. The zero-order chi connectivity index (χ0) is 15.5. The molecule has 0 spiro atoms. The second kappa shape index (κ2) is 5.57. The van der Waals surface area contributed by atoms with E-state index in [0.717, 1.165) is 18.2 Å². The number of carbonyl (C=O) groups excluding carboxylic acids is 1. The highest BCUT2D eigenvalue weighted by atomic mass is 16.6. The molecule has 0 aromatic heterocycles. The minimum absolute atomic E-state index is 0.233. The number of nitro benzene ring substituents is 1. The van der Waals surface area contributed by atoms with Gasteiger partial charge >= 0.3 is 0 Å². The number of non-ortho nitro benzene ring substituents is 1. The van der Waals surface area contributed by atoms with Gasteiger partial charge in [0.2, 0.25) is 0 Å². The minimum atomic E-state index is -0.784. The van der Waals surface area contributed by atoms with Gasteiger partial charge in [0, 0.05) is 12.1 Å². The molecule has 7 nitrogen and oxygen atoms in total. The van der Waals surface area contributed by atoms with Gasteiger partial charge in [-0.05, 0) is 11.5 Å². The summed E-state index contributed by atoms with van der Waals surface area (Å²) in [6.07, 6.45) is 0. The molecule has 1 amide bonds. The molecule has 0 aliphatic carbocycles. The van der Waals surface area contributed by atoms with Gasteiger partial charge in [-0.3, -0.25) is 14.9 Å². The van der Waals surface area contributed by atoms with E-state index >= 15 is 0 Å². The molecule has 0 saturated carbocycles. The molecule has 1 unspecified atom stereocenters. The number of nitro groups is 1. The summed E-state index contributed by atoms with van der Waals surface area (Å²) in [5.74, 6) is -1.11. The van der Waals surface area contributed by atoms with Gasteiger partial charge < -0.3 is 10.4 Å². The summed E-state index contributed by atoms with van der Waals surface area (Å²) < 4.78 is 0. The number of amides is 1. The molecule has 2 N–H and O–H groups in total. The lowest BCUT2D eigenvalue weighted by molar-refractivity contribution is -0.384. The topological polar surface area (TPSA) is 116 Å². The fourth-order valence-corrected chi connectivity index (χ4v) is 1.47. The number of phenolic OH excluding ortho intramolecular Hbond substituents is 1. The predicted molar refractivity (Wildman–Crippen MR) is 71.1 cm³/mol. The molecule has 1 aromatic carbocycles. The van der Waals surface area contributed by atoms with Gasteiger partial charge in [0.1, 0.15) is 11.8 Å². The number of hydrogen-bond acceptors (Lipinski definition) is 5. The summed E-state index contributed by atoms with van der Waals surface area (Å²) in [5.41, 5.74) is -1.04. The number of aromatic hydroxyl groups is 1. The number of rotatable bonds is 3. The summed E-state index contributed by atoms with van der Waals surface area (Å²) in [6, 6.07) is 4.31. The van der Waals surface area contributed by atoms with E-state index in [2.05, 4.69) is 5.32 Å². The van der Waals surface area contributed by atoms with Gasteiger partial charge in [-0.25, -0.2) is 0 Å². The fraction of sp³-hybridized carbons (Fsp3) is 0.385. The van der Waals surface area contributed by atoms with E-state index in [0.29, 0.717) is 0 Å². The van der Waals surface area contributed by atoms with Gasteiger partial charge in [0.25, 0.3) is 11.6 Å². The molecule has 7 heteroatoms. The Kier molecular flexibility index (Phi) is 4.30. The Labute approximate surface area is 116 Å². The summed E-state index contributed by atoms with van der Waals surface area (Å²) >= 11 is 0. The normalized spacial score (nSPS) is 12.3. The number of nitriles is 1. The Hall–Kier alpha value is -2.62. The number of benzene rings is 1. The Balaban J connectivity index is 3.07. The van der Waals surface area contributed by atoms with E-state index in [-0.39, 0.29) is 17.0 Å². The monoisotopic (exact) mass is 277 g/mol. The zero-order valence-corrected chi connectivity index (χ0v) is 11.4. The van der Waals surface area contributed by atoms with Crippen LogP contribution in [0.3, 0.4) is 0 Å². The zero-order valence-electron chi connectivity index (χ0n) is 11.4. The first-order valence-electron chi connectivity index (χ1n) is 5.84. The van der Waals surface area contributed by atoms with Crippen LogP contribution in [0.5, 0.6) is 5.75 Å². The fourth-order valence-electron chi connectivity index (χ4n) is 1.47. The summed E-state index contributed by atoms with van der Waals surface area (Å²) in [7, 11) is 0. The Morgan fingerprint density at radius 1 is 1.50 bits per heavy atom. The van der Waals surface area contributed by atoms with Crippen molar-refractivity contribution in [2.75, 3.05) is 0 Å². The maximum atomic E-state index is 12.0. The highest BCUT2D eigenvalue weighted by Crippen LogP contribution is 2.24. The van der Waals surface area contributed by atoms with Crippen molar-refractivity contribution < 1.29 is 14.8 Å². The number of hydrogen-bond donors (Lipinski definition) is 2. The average Bonchev–Trinajstić information content (AvgIpc) is 2.34. The maximum absolute atomic E-state index is 12.0. The van der Waals surface area contributed by atoms with Crippen LogP contribution in [0.4, 0.5) is 5.69 Å². The minimum Gasteiger partial charge on any atom is -0.507 e. The van der Waals surface area contributed by atoms with Gasteiger partial charge in [-0.15, -0.1) is 0 Å². The molecule has 1 rings (SSSR count). The Bertz CT molecular complexity index is 584.